The minimum Gasteiger partial charge on any atom is -0.396 e. The van der Waals surface area contributed by atoms with E-state index in [1.54, 1.807) is 0 Å². The molecule has 0 radical (unpaired) electrons. The Morgan fingerprint density at radius 3 is 2.44 bits per heavy atom. The van der Waals surface area contributed by atoms with Crippen molar-refractivity contribution in [2.45, 2.75) is 103 Å². The minimum absolute atomic E-state index is 0.0169. The van der Waals surface area contributed by atoms with Gasteiger partial charge < -0.3 is 10.2 Å². The zero-order valence-corrected chi connectivity index (χ0v) is 15.9. The van der Waals surface area contributed by atoms with Crippen molar-refractivity contribution >= 4 is 5.78 Å². The molecule has 25 heavy (non-hydrogen) atoms. The average molecular weight is 356 g/mol. The molecule has 5 heteroatoms. The first kappa shape index (κ1) is 22.2. The van der Waals surface area contributed by atoms with Gasteiger partial charge in [0.25, 0.3) is 0 Å². The van der Waals surface area contributed by atoms with Gasteiger partial charge in [0, 0.05) is 18.9 Å². The number of nitrogens with zero attached hydrogens (tertiary/aromatic N) is 1. The molecule has 1 fully saturated rings. The zero-order chi connectivity index (χ0) is 18.5. The van der Waals surface area contributed by atoms with E-state index in [1.165, 1.54) is 0 Å². The number of rotatable bonds is 15. The average Bonchev–Trinajstić information content (AvgIpc) is 2.91. The second-order valence-corrected chi connectivity index (χ2v) is 7.62. The van der Waals surface area contributed by atoms with E-state index < -0.39 is 6.04 Å². The maximum atomic E-state index is 12.3. The molecule has 4 atom stereocenters. The third-order valence-corrected chi connectivity index (χ3v) is 5.62. The first-order valence-corrected chi connectivity index (χ1v) is 10.3. The fourth-order valence-corrected chi connectivity index (χ4v) is 4.07. The van der Waals surface area contributed by atoms with Crippen LogP contribution < -0.4 is 0 Å². The van der Waals surface area contributed by atoms with E-state index in [0.717, 1.165) is 70.6 Å². The van der Waals surface area contributed by atoms with Crippen molar-refractivity contribution in [3.8, 4) is 0 Å². The number of ketones is 1. The summed E-state index contributed by atoms with van der Waals surface area (Å²) in [5.41, 5.74) is 0. The molecule has 2 N–H and O–H groups in total. The third kappa shape index (κ3) is 8.41. The van der Waals surface area contributed by atoms with E-state index in [0.29, 0.717) is 6.42 Å². The van der Waals surface area contributed by atoms with Gasteiger partial charge in [-0.25, -0.2) is 0 Å². The van der Waals surface area contributed by atoms with E-state index in [1.807, 2.05) is 0 Å². The quantitative estimate of drug-likeness (QED) is 0.337. The molecule has 0 aromatic heterocycles. The summed E-state index contributed by atoms with van der Waals surface area (Å²) < 4.78 is 0. The molecule has 0 aliphatic heterocycles. The Labute approximate surface area is 152 Å². The molecule has 0 aromatic rings. The number of hydrogen-bond acceptors (Lipinski definition) is 5. The van der Waals surface area contributed by atoms with E-state index in [2.05, 4.69) is 12.1 Å². The van der Waals surface area contributed by atoms with Crippen LogP contribution in [-0.2, 0) is 4.79 Å². The van der Waals surface area contributed by atoms with Crippen LogP contribution in [-0.4, -0.2) is 34.7 Å². The number of unbranched alkanes of at least 4 members (excludes halogenated alkanes) is 6. The molecule has 0 spiro atoms. The largest absolute Gasteiger partial charge is 0.396 e. The van der Waals surface area contributed by atoms with Gasteiger partial charge in [0.15, 0.2) is 0 Å². The fraction of sp³-hybridized carbons (Fsp3) is 0.950. The van der Waals surface area contributed by atoms with E-state index in [4.69, 9.17) is 5.11 Å². The van der Waals surface area contributed by atoms with Crippen molar-refractivity contribution in [3.63, 3.8) is 0 Å². The van der Waals surface area contributed by atoms with Crippen LogP contribution >= 0.6 is 0 Å². The summed E-state index contributed by atoms with van der Waals surface area (Å²) in [7, 11) is 0. The predicted octanol–water partition coefficient (Wildman–Crippen LogP) is 4.38. The van der Waals surface area contributed by atoms with Crippen LogP contribution in [0.5, 0.6) is 0 Å². The van der Waals surface area contributed by atoms with Crippen LogP contribution in [0.3, 0.4) is 0 Å². The van der Waals surface area contributed by atoms with Crippen molar-refractivity contribution < 1.29 is 15.0 Å². The standard InChI is InChI=1S/C20H37NO4/c1-2-3-7-10-16(23)12-13-17-18(20(24)15-19(17)21-25)11-8-5-4-6-9-14-22/h16-19,22-23H,2-15H2,1H3. The molecular formula is C20H37NO4. The SMILES string of the molecule is CCCCCC(O)CCC1C(N=O)CC(=O)C1CCCCCCCO. The highest BCUT2D eigenvalue weighted by molar-refractivity contribution is 5.84. The van der Waals surface area contributed by atoms with Gasteiger partial charge in [0.1, 0.15) is 11.8 Å². The minimum atomic E-state index is -0.394. The Kier molecular flexibility index (Phi) is 11.9. The molecular weight excluding hydrogens is 318 g/mol. The van der Waals surface area contributed by atoms with Crippen LogP contribution in [0.4, 0.5) is 0 Å². The lowest BCUT2D eigenvalue weighted by Crippen LogP contribution is -2.22. The Morgan fingerprint density at radius 2 is 1.76 bits per heavy atom. The van der Waals surface area contributed by atoms with Gasteiger partial charge >= 0.3 is 0 Å². The molecule has 4 unspecified atom stereocenters. The maximum absolute atomic E-state index is 12.3. The van der Waals surface area contributed by atoms with E-state index in [9.17, 15) is 14.8 Å². The molecule has 0 amide bonds. The number of nitroso groups, excluding NO2 is 1. The predicted molar refractivity (Wildman–Crippen MR) is 100 cm³/mol. The van der Waals surface area contributed by atoms with E-state index >= 15 is 0 Å². The Hall–Kier alpha value is -0.810. The van der Waals surface area contributed by atoms with Gasteiger partial charge in [-0.1, -0.05) is 57.0 Å². The molecule has 0 heterocycles. The van der Waals surface area contributed by atoms with Crippen molar-refractivity contribution in [2.75, 3.05) is 6.61 Å². The summed E-state index contributed by atoms with van der Waals surface area (Å²) in [6.07, 6.45) is 11.3. The lowest BCUT2D eigenvalue weighted by atomic mass is 9.84. The first-order chi connectivity index (χ1) is 12.1. The van der Waals surface area contributed by atoms with Gasteiger partial charge in [0.2, 0.25) is 0 Å². The Morgan fingerprint density at radius 1 is 1.04 bits per heavy atom. The molecule has 5 nitrogen and oxygen atoms in total. The molecule has 0 saturated heterocycles. The second kappa shape index (κ2) is 13.4. The van der Waals surface area contributed by atoms with Crippen LogP contribution in [0.1, 0.15) is 90.4 Å². The maximum Gasteiger partial charge on any atom is 0.138 e. The van der Waals surface area contributed by atoms with Crippen molar-refractivity contribution in [1.82, 2.24) is 0 Å². The number of hydrogen-bond donors (Lipinski definition) is 2. The monoisotopic (exact) mass is 355 g/mol. The van der Waals surface area contributed by atoms with Gasteiger partial charge in [-0.15, -0.1) is 0 Å². The summed E-state index contributed by atoms with van der Waals surface area (Å²) >= 11 is 0. The summed E-state index contributed by atoms with van der Waals surface area (Å²) in [5.74, 6) is 0.150. The number of carbonyl (C=O) groups is 1. The first-order valence-electron chi connectivity index (χ1n) is 10.3. The number of aliphatic hydroxyl groups excluding tert-OH is 2. The molecule has 0 aromatic carbocycles. The van der Waals surface area contributed by atoms with Crippen LogP contribution in [0, 0.1) is 16.7 Å². The Balaban J connectivity index is 2.39. The normalized spacial score (nSPS) is 24.6. The van der Waals surface area contributed by atoms with Crippen LogP contribution in [0.25, 0.3) is 0 Å². The Bertz CT molecular complexity index is 375. The number of carbonyl (C=O) groups excluding carboxylic acids is 1. The zero-order valence-electron chi connectivity index (χ0n) is 15.9. The summed E-state index contributed by atoms with van der Waals surface area (Å²) in [5, 5.41) is 22.1. The van der Waals surface area contributed by atoms with Gasteiger partial charge in [-0.05, 0) is 38.0 Å². The molecule has 1 saturated carbocycles. The summed E-state index contributed by atoms with van der Waals surface area (Å²) in [6.45, 7) is 2.39. The van der Waals surface area contributed by atoms with Gasteiger partial charge in [-0.3, -0.25) is 4.79 Å². The molecule has 1 rings (SSSR count). The lowest BCUT2D eigenvalue weighted by Gasteiger charge is -2.21. The van der Waals surface area contributed by atoms with Gasteiger partial charge in [0.05, 0.1) is 6.10 Å². The number of aliphatic hydroxyl groups is 2. The third-order valence-electron chi connectivity index (χ3n) is 5.62. The van der Waals surface area contributed by atoms with Crippen LogP contribution in [0.15, 0.2) is 5.18 Å². The van der Waals surface area contributed by atoms with Crippen molar-refractivity contribution in [2.24, 2.45) is 17.0 Å². The fourth-order valence-electron chi connectivity index (χ4n) is 4.07. The number of Topliss-reactive ketones (excluding diaryl/α,β-unsaturated/α-hetero) is 1. The topological polar surface area (TPSA) is 87.0 Å². The molecule has 1 aliphatic rings. The van der Waals surface area contributed by atoms with E-state index in [-0.39, 0.29) is 36.8 Å². The second-order valence-electron chi connectivity index (χ2n) is 7.62. The van der Waals surface area contributed by atoms with Crippen molar-refractivity contribution in [1.29, 1.82) is 0 Å². The molecule has 0 bridgehead atoms. The summed E-state index contributed by atoms with van der Waals surface area (Å²) in [4.78, 5) is 23.4. The van der Waals surface area contributed by atoms with Gasteiger partial charge in [-0.2, -0.15) is 4.91 Å². The lowest BCUT2D eigenvalue weighted by molar-refractivity contribution is -0.121. The highest BCUT2D eigenvalue weighted by atomic mass is 16.3. The highest BCUT2D eigenvalue weighted by Crippen LogP contribution is 2.38. The van der Waals surface area contributed by atoms with Crippen LogP contribution in [0.2, 0.25) is 0 Å². The smallest absolute Gasteiger partial charge is 0.138 e. The highest BCUT2D eigenvalue weighted by Gasteiger charge is 2.42. The van der Waals surface area contributed by atoms with Crippen molar-refractivity contribution in [3.05, 3.63) is 4.91 Å². The summed E-state index contributed by atoms with van der Waals surface area (Å²) in [6, 6.07) is -0.394. The molecule has 1 aliphatic carbocycles. The molecule has 146 valence electrons.